The van der Waals surface area contributed by atoms with Crippen molar-refractivity contribution in [3.8, 4) is 12.1 Å². The number of nitrogens with zero attached hydrogens (tertiary/aromatic N) is 3. The number of thiophene rings is 1. The van der Waals surface area contributed by atoms with Gasteiger partial charge in [-0.2, -0.15) is 10.5 Å². The van der Waals surface area contributed by atoms with Crippen LogP contribution in [0.15, 0.2) is 23.8 Å². The largest absolute Gasteiger partial charge is 0.372 e. The van der Waals surface area contributed by atoms with Crippen molar-refractivity contribution in [2.45, 2.75) is 45.4 Å². The molecule has 1 amide bonds. The number of anilines is 2. The van der Waals surface area contributed by atoms with Crippen LogP contribution in [0.2, 0.25) is 0 Å². The zero-order chi connectivity index (χ0) is 21.1. The maximum Gasteiger partial charge on any atom is 0.266 e. The summed E-state index contributed by atoms with van der Waals surface area (Å²) in [4.78, 5) is 16.3. The number of benzene rings is 1. The fourth-order valence-electron chi connectivity index (χ4n) is 4.24. The van der Waals surface area contributed by atoms with Crippen molar-refractivity contribution in [1.29, 1.82) is 10.5 Å². The molecular weight excluding hydrogens is 392 g/mol. The van der Waals surface area contributed by atoms with Gasteiger partial charge in [0.05, 0.1) is 5.56 Å². The van der Waals surface area contributed by atoms with Gasteiger partial charge in [0.15, 0.2) is 0 Å². The Morgan fingerprint density at radius 3 is 2.63 bits per heavy atom. The van der Waals surface area contributed by atoms with Crippen LogP contribution in [0.1, 0.15) is 52.8 Å². The van der Waals surface area contributed by atoms with E-state index in [0.717, 1.165) is 55.5 Å². The van der Waals surface area contributed by atoms with Gasteiger partial charge >= 0.3 is 0 Å². The van der Waals surface area contributed by atoms with Crippen molar-refractivity contribution in [2.24, 2.45) is 0 Å². The minimum absolute atomic E-state index is 0.0438. The molecule has 1 aromatic carbocycles. The maximum absolute atomic E-state index is 12.8. The first-order chi connectivity index (χ1) is 14.6. The Kier molecular flexibility index (Phi) is 5.88. The lowest BCUT2D eigenvalue weighted by molar-refractivity contribution is -0.112. The van der Waals surface area contributed by atoms with Crippen molar-refractivity contribution >= 4 is 34.0 Å². The lowest BCUT2D eigenvalue weighted by atomic mass is 9.96. The molecule has 0 spiro atoms. The molecule has 1 aliphatic heterocycles. The second-order valence-electron chi connectivity index (χ2n) is 7.89. The number of carbonyl (C=O) groups is 1. The van der Waals surface area contributed by atoms with Gasteiger partial charge in [-0.05, 0) is 80.3 Å². The van der Waals surface area contributed by atoms with E-state index in [1.54, 1.807) is 6.08 Å². The highest BCUT2D eigenvalue weighted by Crippen LogP contribution is 2.37. The van der Waals surface area contributed by atoms with E-state index in [1.165, 1.54) is 34.7 Å². The van der Waals surface area contributed by atoms with E-state index >= 15 is 0 Å². The smallest absolute Gasteiger partial charge is 0.266 e. The van der Waals surface area contributed by atoms with Gasteiger partial charge in [-0.25, -0.2) is 0 Å². The van der Waals surface area contributed by atoms with E-state index in [2.05, 4.69) is 28.4 Å². The van der Waals surface area contributed by atoms with Crippen LogP contribution in [-0.4, -0.2) is 19.0 Å². The highest BCUT2D eigenvalue weighted by Gasteiger charge is 2.23. The molecule has 1 fully saturated rings. The number of nitriles is 2. The molecule has 1 aromatic heterocycles. The third-order valence-corrected chi connectivity index (χ3v) is 7.11. The second kappa shape index (κ2) is 8.73. The van der Waals surface area contributed by atoms with Gasteiger partial charge in [0.2, 0.25) is 0 Å². The van der Waals surface area contributed by atoms with Gasteiger partial charge < -0.3 is 10.2 Å². The number of carbonyl (C=O) groups excluding carboxylic acids is 1. The number of hydrogen-bond acceptors (Lipinski definition) is 5. The van der Waals surface area contributed by atoms with E-state index in [1.807, 2.05) is 19.1 Å². The Morgan fingerprint density at radius 1 is 1.17 bits per heavy atom. The first kappa shape index (κ1) is 20.2. The van der Waals surface area contributed by atoms with Crippen LogP contribution < -0.4 is 10.2 Å². The monoisotopic (exact) mass is 416 g/mol. The predicted molar refractivity (Wildman–Crippen MR) is 121 cm³/mol. The molecule has 0 radical (unpaired) electrons. The Morgan fingerprint density at radius 2 is 1.93 bits per heavy atom. The summed E-state index contributed by atoms with van der Waals surface area (Å²) in [7, 11) is 0. The quantitative estimate of drug-likeness (QED) is 0.565. The summed E-state index contributed by atoms with van der Waals surface area (Å²) in [5, 5.41) is 22.6. The van der Waals surface area contributed by atoms with Gasteiger partial charge in [-0.3, -0.25) is 4.79 Å². The van der Waals surface area contributed by atoms with Crippen LogP contribution in [0.3, 0.4) is 0 Å². The van der Waals surface area contributed by atoms with E-state index in [4.69, 9.17) is 0 Å². The Hall–Kier alpha value is -3.09. The van der Waals surface area contributed by atoms with Crippen LogP contribution >= 0.6 is 11.3 Å². The summed E-state index contributed by atoms with van der Waals surface area (Å²) in [6.07, 6.45) is 8.09. The molecule has 0 bridgehead atoms. The molecule has 0 saturated carbocycles. The average Bonchev–Trinajstić information content (AvgIpc) is 3.40. The molecule has 2 aromatic rings. The Balaban J connectivity index is 1.56. The minimum atomic E-state index is -0.462. The van der Waals surface area contributed by atoms with Gasteiger partial charge in [-0.15, -0.1) is 11.3 Å². The van der Waals surface area contributed by atoms with Gasteiger partial charge in [0, 0.05) is 23.7 Å². The summed E-state index contributed by atoms with van der Waals surface area (Å²) in [6, 6.07) is 10.4. The molecule has 152 valence electrons. The van der Waals surface area contributed by atoms with E-state index in [-0.39, 0.29) is 5.57 Å². The van der Waals surface area contributed by atoms with Crippen molar-refractivity contribution in [2.75, 3.05) is 23.3 Å². The van der Waals surface area contributed by atoms with Crippen LogP contribution in [-0.2, 0) is 17.6 Å². The first-order valence-electron chi connectivity index (χ1n) is 10.4. The first-order valence-corrected chi connectivity index (χ1v) is 11.3. The number of rotatable bonds is 4. The molecule has 2 heterocycles. The fraction of sp³-hybridized carbons (Fsp3) is 0.375. The Labute approximate surface area is 181 Å². The molecule has 30 heavy (non-hydrogen) atoms. The topological polar surface area (TPSA) is 79.9 Å². The van der Waals surface area contributed by atoms with Crippen molar-refractivity contribution in [3.05, 3.63) is 50.9 Å². The summed E-state index contributed by atoms with van der Waals surface area (Å²) < 4.78 is 0. The molecule has 2 aliphatic rings. The van der Waals surface area contributed by atoms with Crippen molar-refractivity contribution in [1.82, 2.24) is 0 Å². The predicted octanol–water partition coefficient (Wildman–Crippen LogP) is 4.95. The maximum atomic E-state index is 12.8. The minimum Gasteiger partial charge on any atom is -0.372 e. The number of fused-ring (bicyclic) bond motifs is 1. The zero-order valence-electron chi connectivity index (χ0n) is 17.1. The number of amides is 1. The summed E-state index contributed by atoms with van der Waals surface area (Å²) >= 11 is 1.47. The fourth-order valence-corrected chi connectivity index (χ4v) is 5.48. The molecule has 5 nitrogen and oxygen atoms in total. The molecular formula is C24H24N4OS. The molecule has 0 unspecified atom stereocenters. The van der Waals surface area contributed by atoms with Crippen molar-refractivity contribution < 1.29 is 4.79 Å². The number of hydrogen-bond donors (Lipinski definition) is 1. The number of aryl methyl sites for hydroxylation is 2. The standard InChI is InChI=1S/C24H24N4OS/c1-16-12-19(28-10-4-5-11-28)9-8-17(16)13-18(14-25)23(29)27-24-21(15-26)20-6-2-3-7-22(20)30-24/h8-9,12-13H,2-7,10-11H2,1H3,(H,27,29)/b18-13-. The van der Waals surface area contributed by atoms with Crippen LogP contribution in [0.5, 0.6) is 0 Å². The average molecular weight is 417 g/mol. The summed E-state index contributed by atoms with van der Waals surface area (Å²) in [5.41, 5.74) is 4.75. The van der Waals surface area contributed by atoms with Gasteiger partial charge in [-0.1, -0.05) is 6.07 Å². The molecule has 4 rings (SSSR count). The molecule has 1 aliphatic carbocycles. The lowest BCUT2D eigenvalue weighted by Gasteiger charge is -2.18. The SMILES string of the molecule is Cc1cc(N2CCCC2)ccc1/C=C(/C#N)C(=O)Nc1sc2c(c1C#N)CCCC2. The second-order valence-corrected chi connectivity index (χ2v) is 8.99. The molecule has 0 atom stereocenters. The van der Waals surface area contributed by atoms with E-state index < -0.39 is 5.91 Å². The lowest BCUT2D eigenvalue weighted by Crippen LogP contribution is -2.17. The Bertz CT molecular complexity index is 1090. The summed E-state index contributed by atoms with van der Waals surface area (Å²) in [6.45, 7) is 4.15. The molecule has 6 heteroatoms. The zero-order valence-corrected chi connectivity index (χ0v) is 17.9. The van der Waals surface area contributed by atoms with Gasteiger partial charge in [0.1, 0.15) is 22.7 Å². The van der Waals surface area contributed by atoms with E-state index in [0.29, 0.717) is 10.6 Å². The molecule has 1 N–H and O–H groups in total. The molecule has 1 saturated heterocycles. The van der Waals surface area contributed by atoms with Crippen LogP contribution in [0, 0.1) is 29.6 Å². The van der Waals surface area contributed by atoms with Crippen LogP contribution in [0.4, 0.5) is 10.7 Å². The number of nitrogens with one attached hydrogen (secondary N) is 1. The highest BCUT2D eigenvalue weighted by atomic mass is 32.1. The van der Waals surface area contributed by atoms with Crippen LogP contribution in [0.25, 0.3) is 6.08 Å². The van der Waals surface area contributed by atoms with Gasteiger partial charge in [0.25, 0.3) is 5.91 Å². The third-order valence-electron chi connectivity index (χ3n) is 5.90. The third kappa shape index (κ3) is 3.97. The normalized spacial score (nSPS) is 16.0. The summed E-state index contributed by atoms with van der Waals surface area (Å²) in [5.74, 6) is -0.462. The highest BCUT2D eigenvalue weighted by molar-refractivity contribution is 7.16. The van der Waals surface area contributed by atoms with Crippen molar-refractivity contribution in [3.63, 3.8) is 0 Å². The van der Waals surface area contributed by atoms with E-state index in [9.17, 15) is 15.3 Å².